The van der Waals surface area contributed by atoms with E-state index in [4.69, 9.17) is 0 Å². The number of benzene rings is 3. The quantitative estimate of drug-likeness (QED) is 0.530. The van der Waals surface area contributed by atoms with Crippen LogP contribution in [0.4, 0.5) is 5.95 Å². The molecular formula is C26H25N5O. The number of aromatic nitrogens is 3. The summed E-state index contributed by atoms with van der Waals surface area (Å²) < 4.78 is 0. The molecule has 1 saturated heterocycles. The standard InChI is InChI=1S/C26H25N5O/c32-25-23(20-10-4-1-5-11-20)28-29-26(27-25)31-18-16-30(17-19-31)24(21-12-6-2-7-13-21)22-14-8-3-9-15-22/h1-15,24H,16-19H2,(H,27,29,32). The van der Waals surface area contributed by atoms with E-state index in [1.165, 1.54) is 11.1 Å². The zero-order chi connectivity index (χ0) is 21.8. The van der Waals surface area contributed by atoms with E-state index in [-0.39, 0.29) is 11.6 Å². The van der Waals surface area contributed by atoms with E-state index in [1.807, 2.05) is 30.3 Å². The highest BCUT2D eigenvalue weighted by atomic mass is 16.1. The van der Waals surface area contributed by atoms with Crippen molar-refractivity contribution in [2.75, 3.05) is 31.1 Å². The molecule has 0 spiro atoms. The second-order valence-electron chi connectivity index (χ2n) is 7.94. The minimum atomic E-state index is -0.213. The van der Waals surface area contributed by atoms with Crippen molar-refractivity contribution in [1.29, 1.82) is 0 Å². The fourth-order valence-electron chi connectivity index (χ4n) is 4.33. The van der Waals surface area contributed by atoms with Crippen molar-refractivity contribution in [1.82, 2.24) is 20.1 Å². The Morgan fingerprint density at radius 2 is 1.22 bits per heavy atom. The molecule has 2 heterocycles. The van der Waals surface area contributed by atoms with Crippen LogP contribution >= 0.6 is 0 Å². The van der Waals surface area contributed by atoms with Gasteiger partial charge >= 0.3 is 0 Å². The Hall–Kier alpha value is -3.77. The van der Waals surface area contributed by atoms with Crippen LogP contribution in [0, 0.1) is 0 Å². The maximum absolute atomic E-state index is 12.6. The predicted molar refractivity (Wildman–Crippen MR) is 127 cm³/mol. The lowest BCUT2D eigenvalue weighted by Crippen LogP contribution is -2.48. The summed E-state index contributed by atoms with van der Waals surface area (Å²) in [7, 11) is 0. The molecule has 1 N–H and O–H groups in total. The highest BCUT2D eigenvalue weighted by molar-refractivity contribution is 5.57. The smallest absolute Gasteiger partial charge is 0.279 e. The number of H-pyrrole nitrogens is 1. The van der Waals surface area contributed by atoms with Crippen molar-refractivity contribution >= 4 is 5.95 Å². The zero-order valence-electron chi connectivity index (χ0n) is 17.8. The van der Waals surface area contributed by atoms with Crippen LogP contribution < -0.4 is 10.5 Å². The molecule has 3 aromatic carbocycles. The molecule has 6 heteroatoms. The summed E-state index contributed by atoms with van der Waals surface area (Å²) in [5, 5.41) is 8.55. The molecule has 0 radical (unpaired) electrons. The maximum Gasteiger partial charge on any atom is 0.279 e. The Labute approximate surface area is 187 Å². The molecule has 1 aromatic heterocycles. The third-order valence-electron chi connectivity index (χ3n) is 5.94. The maximum atomic E-state index is 12.6. The lowest BCUT2D eigenvalue weighted by Gasteiger charge is -2.39. The molecule has 0 unspecified atom stereocenters. The van der Waals surface area contributed by atoms with Gasteiger partial charge < -0.3 is 4.90 Å². The molecule has 1 aliphatic heterocycles. The van der Waals surface area contributed by atoms with Crippen molar-refractivity contribution in [2.45, 2.75) is 6.04 Å². The van der Waals surface area contributed by atoms with Crippen LogP contribution in [0.15, 0.2) is 95.8 Å². The van der Waals surface area contributed by atoms with E-state index in [0.717, 1.165) is 31.7 Å². The van der Waals surface area contributed by atoms with Gasteiger partial charge in [0.15, 0.2) is 5.69 Å². The van der Waals surface area contributed by atoms with Gasteiger partial charge in [0.1, 0.15) is 0 Å². The summed E-state index contributed by atoms with van der Waals surface area (Å²) in [6.07, 6.45) is 0. The van der Waals surface area contributed by atoms with Gasteiger partial charge in [-0.05, 0) is 11.1 Å². The van der Waals surface area contributed by atoms with Crippen LogP contribution in [-0.4, -0.2) is 46.3 Å². The van der Waals surface area contributed by atoms with Gasteiger partial charge in [0.25, 0.3) is 5.56 Å². The van der Waals surface area contributed by atoms with Gasteiger partial charge in [0.05, 0.1) is 6.04 Å². The topological polar surface area (TPSA) is 65.1 Å². The van der Waals surface area contributed by atoms with Crippen molar-refractivity contribution in [3.05, 3.63) is 112 Å². The summed E-state index contributed by atoms with van der Waals surface area (Å²) in [4.78, 5) is 20.2. The normalized spacial score (nSPS) is 14.6. The average Bonchev–Trinajstić information content (AvgIpc) is 2.86. The molecule has 0 atom stereocenters. The van der Waals surface area contributed by atoms with Crippen molar-refractivity contribution < 1.29 is 0 Å². The Kier molecular flexibility index (Phi) is 5.77. The van der Waals surface area contributed by atoms with Crippen molar-refractivity contribution in [3.63, 3.8) is 0 Å². The number of rotatable bonds is 5. The molecule has 0 bridgehead atoms. The molecule has 1 fully saturated rings. The van der Waals surface area contributed by atoms with E-state index in [9.17, 15) is 4.79 Å². The van der Waals surface area contributed by atoms with Crippen LogP contribution in [0.5, 0.6) is 0 Å². The molecule has 0 aliphatic carbocycles. The predicted octanol–water partition coefficient (Wildman–Crippen LogP) is 3.74. The summed E-state index contributed by atoms with van der Waals surface area (Å²) in [5.74, 6) is 0.533. The first-order valence-electron chi connectivity index (χ1n) is 10.9. The van der Waals surface area contributed by atoms with Gasteiger partial charge in [-0.1, -0.05) is 91.0 Å². The summed E-state index contributed by atoms with van der Waals surface area (Å²) in [6.45, 7) is 3.26. The number of nitrogens with one attached hydrogen (secondary N) is 1. The second kappa shape index (κ2) is 9.16. The van der Waals surface area contributed by atoms with Crippen molar-refractivity contribution in [2.24, 2.45) is 0 Å². The third kappa shape index (κ3) is 4.18. The highest BCUT2D eigenvalue weighted by Crippen LogP contribution is 2.29. The average molecular weight is 424 g/mol. The van der Waals surface area contributed by atoms with E-state index in [0.29, 0.717) is 11.6 Å². The molecular weight excluding hydrogens is 398 g/mol. The SMILES string of the molecule is O=c1[nH]c(N2CCN(C(c3ccccc3)c3ccccc3)CC2)nnc1-c1ccccc1. The first-order valence-corrected chi connectivity index (χ1v) is 10.9. The fraction of sp³-hybridized carbons (Fsp3) is 0.192. The van der Waals surface area contributed by atoms with Crippen LogP contribution in [0.2, 0.25) is 0 Å². The van der Waals surface area contributed by atoms with Gasteiger partial charge in [-0.2, -0.15) is 0 Å². The van der Waals surface area contributed by atoms with Gasteiger partial charge in [-0.3, -0.25) is 14.7 Å². The lowest BCUT2D eigenvalue weighted by atomic mass is 9.96. The minimum absolute atomic E-state index is 0.199. The number of aromatic amines is 1. The lowest BCUT2D eigenvalue weighted by molar-refractivity contribution is 0.211. The first kappa shape index (κ1) is 20.2. The van der Waals surface area contributed by atoms with E-state index in [2.05, 4.69) is 85.6 Å². The molecule has 0 amide bonds. The van der Waals surface area contributed by atoms with Crippen molar-refractivity contribution in [3.8, 4) is 11.3 Å². The van der Waals surface area contributed by atoms with E-state index < -0.39 is 0 Å². The van der Waals surface area contributed by atoms with Gasteiger partial charge in [0.2, 0.25) is 5.95 Å². The van der Waals surface area contributed by atoms with Crippen LogP contribution in [0.25, 0.3) is 11.3 Å². The molecule has 1 aliphatic rings. The minimum Gasteiger partial charge on any atom is -0.338 e. The number of hydrogen-bond donors (Lipinski definition) is 1. The molecule has 6 nitrogen and oxygen atoms in total. The van der Waals surface area contributed by atoms with E-state index >= 15 is 0 Å². The molecule has 160 valence electrons. The molecule has 32 heavy (non-hydrogen) atoms. The molecule has 0 saturated carbocycles. The Bertz CT molecular complexity index is 1160. The number of piperazine rings is 1. The van der Waals surface area contributed by atoms with Crippen LogP contribution in [0.1, 0.15) is 17.2 Å². The first-order chi connectivity index (χ1) is 15.8. The Morgan fingerprint density at radius 3 is 1.75 bits per heavy atom. The number of hydrogen-bond acceptors (Lipinski definition) is 5. The second-order valence-corrected chi connectivity index (χ2v) is 7.94. The van der Waals surface area contributed by atoms with Gasteiger partial charge in [-0.15, -0.1) is 10.2 Å². The van der Waals surface area contributed by atoms with Gasteiger partial charge in [0, 0.05) is 31.7 Å². The molecule has 5 rings (SSSR count). The monoisotopic (exact) mass is 423 g/mol. The van der Waals surface area contributed by atoms with Crippen LogP contribution in [0.3, 0.4) is 0 Å². The summed E-state index contributed by atoms with van der Waals surface area (Å²) in [6, 6.07) is 30.9. The largest absolute Gasteiger partial charge is 0.338 e. The highest BCUT2D eigenvalue weighted by Gasteiger charge is 2.27. The van der Waals surface area contributed by atoms with Crippen LogP contribution in [-0.2, 0) is 0 Å². The Morgan fingerprint density at radius 1 is 0.688 bits per heavy atom. The summed E-state index contributed by atoms with van der Waals surface area (Å²) >= 11 is 0. The van der Waals surface area contributed by atoms with Gasteiger partial charge in [-0.25, -0.2) is 0 Å². The summed E-state index contributed by atoms with van der Waals surface area (Å²) in [5.41, 5.74) is 3.47. The fourth-order valence-corrected chi connectivity index (χ4v) is 4.33. The third-order valence-corrected chi connectivity index (χ3v) is 5.94. The number of nitrogens with zero attached hydrogens (tertiary/aromatic N) is 4. The van der Waals surface area contributed by atoms with E-state index in [1.54, 1.807) is 0 Å². The number of anilines is 1. The zero-order valence-corrected chi connectivity index (χ0v) is 17.8. The molecule has 4 aromatic rings. The Balaban J connectivity index is 1.34.